The molecule has 2 heterocycles. The standard InChI is InChI=1S/C30H32FN3O7S2/c31-23-8-12-26(13-9-23)43(39,40)34-19-16-22-6-2-3-7-27(22)28(34)20-30(36)41-21-29(35)32-24-10-14-25(15-11-24)42(37,38)33-17-4-1-5-18-33/h2-3,6-15,28H,1,4-5,16-21H2,(H,32,35). The molecule has 0 bridgehead atoms. The Morgan fingerprint density at radius 1 is 0.814 bits per heavy atom. The second-order valence-electron chi connectivity index (χ2n) is 10.4. The number of sulfonamides is 2. The molecule has 228 valence electrons. The molecule has 0 spiro atoms. The van der Waals surface area contributed by atoms with Crippen LogP contribution in [0.25, 0.3) is 0 Å². The summed E-state index contributed by atoms with van der Waals surface area (Å²) in [4.78, 5) is 25.4. The van der Waals surface area contributed by atoms with E-state index in [1.165, 1.54) is 45.0 Å². The molecule has 2 aliphatic rings. The van der Waals surface area contributed by atoms with E-state index in [-0.39, 0.29) is 22.8 Å². The molecule has 2 aliphatic heterocycles. The zero-order chi connectivity index (χ0) is 30.6. The van der Waals surface area contributed by atoms with Crippen LogP contribution in [0.2, 0.25) is 0 Å². The minimum Gasteiger partial charge on any atom is -0.456 e. The molecule has 0 aromatic heterocycles. The molecule has 10 nitrogen and oxygen atoms in total. The van der Waals surface area contributed by atoms with Gasteiger partial charge in [0.15, 0.2) is 6.61 Å². The molecule has 1 unspecified atom stereocenters. The van der Waals surface area contributed by atoms with Gasteiger partial charge < -0.3 is 10.1 Å². The predicted octanol–water partition coefficient (Wildman–Crippen LogP) is 3.86. The van der Waals surface area contributed by atoms with Gasteiger partial charge in [-0.2, -0.15) is 8.61 Å². The third kappa shape index (κ3) is 6.96. The third-order valence-corrected chi connectivity index (χ3v) is 11.4. The van der Waals surface area contributed by atoms with Crippen LogP contribution in [0.3, 0.4) is 0 Å². The van der Waals surface area contributed by atoms with Crippen LogP contribution in [0.5, 0.6) is 0 Å². The summed E-state index contributed by atoms with van der Waals surface area (Å²) in [7, 11) is -7.69. The van der Waals surface area contributed by atoms with Crippen molar-refractivity contribution in [3.8, 4) is 0 Å². The number of anilines is 1. The van der Waals surface area contributed by atoms with Crippen molar-refractivity contribution in [1.29, 1.82) is 0 Å². The highest BCUT2D eigenvalue weighted by Gasteiger charge is 2.38. The fraction of sp³-hybridized carbons (Fsp3) is 0.333. The maximum Gasteiger partial charge on any atom is 0.308 e. The second kappa shape index (κ2) is 12.9. The number of hydrogen-bond acceptors (Lipinski definition) is 7. The number of ether oxygens (including phenoxy) is 1. The highest BCUT2D eigenvalue weighted by Crippen LogP contribution is 2.36. The summed E-state index contributed by atoms with van der Waals surface area (Å²) in [6, 6.07) is 16.6. The molecule has 3 aromatic carbocycles. The second-order valence-corrected chi connectivity index (χ2v) is 14.3. The molecule has 0 radical (unpaired) electrons. The zero-order valence-corrected chi connectivity index (χ0v) is 24.9. The van der Waals surface area contributed by atoms with E-state index in [4.69, 9.17) is 4.74 Å². The Morgan fingerprint density at radius 2 is 1.44 bits per heavy atom. The van der Waals surface area contributed by atoms with E-state index >= 15 is 0 Å². The lowest BCUT2D eigenvalue weighted by Crippen LogP contribution is -2.41. The van der Waals surface area contributed by atoms with E-state index in [2.05, 4.69) is 5.32 Å². The van der Waals surface area contributed by atoms with Crippen LogP contribution in [0.15, 0.2) is 82.6 Å². The van der Waals surface area contributed by atoms with Crippen molar-refractivity contribution < 1.29 is 35.6 Å². The fourth-order valence-electron chi connectivity index (χ4n) is 5.39. The quantitative estimate of drug-likeness (QED) is 0.356. The van der Waals surface area contributed by atoms with Crippen LogP contribution in [0.1, 0.15) is 42.9 Å². The van der Waals surface area contributed by atoms with Crippen molar-refractivity contribution in [3.63, 3.8) is 0 Å². The lowest BCUT2D eigenvalue weighted by Gasteiger charge is -2.36. The summed E-state index contributed by atoms with van der Waals surface area (Å²) >= 11 is 0. The summed E-state index contributed by atoms with van der Waals surface area (Å²) in [6.45, 7) is 0.452. The van der Waals surface area contributed by atoms with Gasteiger partial charge in [-0.1, -0.05) is 30.7 Å². The first-order valence-corrected chi connectivity index (χ1v) is 16.8. The number of esters is 1. The number of nitrogens with zero attached hydrogens (tertiary/aromatic N) is 2. The highest BCUT2D eigenvalue weighted by molar-refractivity contribution is 7.89. The monoisotopic (exact) mass is 629 g/mol. The van der Waals surface area contributed by atoms with Crippen molar-refractivity contribution in [1.82, 2.24) is 8.61 Å². The maximum absolute atomic E-state index is 13.5. The molecule has 0 saturated carbocycles. The summed E-state index contributed by atoms with van der Waals surface area (Å²) in [5.41, 5.74) is 1.88. The number of hydrogen-bond donors (Lipinski definition) is 1. The average Bonchev–Trinajstić information content (AvgIpc) is 3.01. The Labute approximate surface area is 250 Å². The van der Waals surface area contributed by atoms with Crippen LogP contribution in [0.4, 0.5) is 10.1 Å². The molecule has 43 heavy (non-hydrogen) atoms. The lowest BCUT2D eigenvalue weighted by atomic mass is 9.92. The van der Waals surface area contributed by atoms with Gasteiger partial charge >= 0.3 is 5.97 Å². The van der Waals surface area contributed by atoms with E-state index in [0.717, 1.165) is 37.0 Å². The van der Waals surface area contributed by atoms with E-state index < -0.39 is 50.4 Å². The van der Waals surface area contributed by atoms with E-state index in [1.54, 1.807) is 12.1 Å². The average molecular weight is 630 g/mol. The molecule has 1 saturated heterocycles. The zero-order valence-electron chi connectivity index (χ0n) is 23.3. The smallest absolute Gasteiger partial charge is 0.308 e. The fourth-order valence-corrected chi connectivity index (χ4v) is 8.52. The van der Waals surface area contributed by atoms with Crippen LogP contribution < -0.4 is 5.32 Å². The van der Waals surface area contributed by atoms with Gasteiger partial charge in [-0.3, -0.25) is 9.59 Å². The largest absolute Gasteiger partial charge is 0.456 e. The molecule has 1 amide bonds. The lowest BCUT2D eigenvalue weighted by molar-refractivity contribution is -0.148. The van der Waals surface area contributed by atoms with E-state index in [0.29, 0.717) is 30.8 Å². The number of halogens is 1. The van der Waals surface area contributed by atoms with E-state index in [9.17, 15) is 30.8 Å². The first-order valence-electron chi connectivity index (χ1n) is 14.0. The Balaban J connectivity index is 1.22. The van der Waals surface area contributed by atoms with Crippen molar-refractivity contribution >= 4 is 37.6 Å². The molecular weight excluding hydrogens is 597 g/mol. The minimum absolute atomic E-state index is 0.0965. The topological polar surface area (TPSA) is 130 Å². The van der Waals surface area contributed by atoms with Crippen molar-refractivity contribution in [3.05, 3.63) is 89.7 Å². The van der Waals surface area contributed by atoms with Gasteiger partial charge in [-0.15, -0.1) is 0 Å². The van der Waals surface area contributed by atoms with Crippen LogP contribution >= 0.6 is 0 Å². The highest BCUT2D eigenvalue weighted by atomic mass is 32.2. The Morgan fingerprint density at radius 3 is 2.14 bits per heavy atom. The Bertz CT molecular complexity index is 1690. The van der Waals surface area contributed by atoms with Crippen LogP contribution in [-0.4, -0.2) is 63.6 Å². The first kappa shape index (κ1) is 30.8. The number of carbonyl (C=O) groups is 2. The number of piperidine rings is 1. The number of carbonyl (C=O) groups excluding carboxylic acids is 2. The SMILES string of the molecule is O=C(COC(=O)CC1c2ccccc2CCN1S(=O)(=O)c1ccc(F)cc1)Nc1ccc(S(=O)(=O)N2CCCCC2)cc1. The van der Waals surface area contributed by atoms with Gasteiger partial charge in [-0.05, 0) is 78.9 Å². The number of benzene rings is 3. The van der Waals surface area contributed by atoms with Gasteiger partial charge in [0.1, 0.15) is 5.82 Å². The normalized spacial score (nSPS) is 18.0. The number of rotatable bonds is 9. The minimum atomic E-state index is -4.08. The molecule has 13 heteroatoms. The van der Waals surface area contributed by atoms with Gasteiger partial charge in [0.05, 0.1) is 22.3 Å². The molecular formula is C30H32FN3O7S2. The van der Waals surface area contributed by atoms with Crippen LogP contribution in [0, 0.1) is 5.82 Å². The van der Waals surface area contributed by atoms with Gasteiger partial charge in [0.25, 0.3) is 5.91 Å². The molecule has 1 atom stereocenters. The molecule has 3 aromatic rings. The first-order chi connectivity index (χ1) is 20.6. The van der Waals surface area contributed by atoms with E-state index in [1.807, 2.05) is 12.1 Å². The molecule has 1 N–H and O–H groups in total. The molecule has 5 rings (SSSR count). The van der Waals surface area contributed by atoms with Crippen molar-refractivity contribution in [2.75, 3.05) is 31.6 Å². The van der Waals surface area contributed by atoms with Crippen molar-refractivity contribution in [2.45, 2.75) is 47.9 Å². The maximum atomic E-state index is 13.5. The van der Waals surface area contributed by atoms with Gasteiger partial charge in [0, 0.05) is 25.3 Å². The Kier molecular flexibility index (Phi) is 9.25. The number of nitrogens with one attached hydrogen (secondary N) is 1. The summed E-state index contributed by atoms with van der Waals surface area (Å²) in [5.74, 6) is -1.99. The molecule has 0 aliphatic carbocycles. The van der Waals surface area contributed by atoms with Gasteiger partial charge in [0.2, 0.25) is 20.0 Å². The summed E-state index contributed by atoms with van der Waals surface area (Å²) in [6.07, 6.45) is 2.74. The summed E-state index contributed by atoms with van der Waals surface area (Å²) < 4.78 is 74.0. The predicted molar refractivity (Wildman–Crippen MR) is 156 cm³/mol. The summed E-state index contributed by atoms with van der Waals surface area (Å²) in [5, 5.41) is 2.57. The molecule has 1 fully saturated rings. The van der Waals surface area contributed by atoms with Gasteiger partial charge in [-0.25, -0.2) is 21.2 Å². The van der Waals surface area contributed by atoms with Crippen LogP contribution in [-0.2, 0) is 40.8 Å². The number of fused-ring (bicyclic) bond motifs is 1. The Hall–Kier alpha value is -3.65. The van der Waals surface area contributed by atoms with Crippen molar-refractivity contribution in [2.24, 2.45) is 0 Å². The number of amides is 1. The third-order valence-electron chi connectivity index (χ3n) is 7.60.